The molecular formula is C18H13NO. The van der Waals surface area contributed by atoms with Crippen LogP contribution in [0.1, 0.15) is 0 Å². The molecule has 2 heteroatoms. The van der Waals surface area contributed by atoms with Crippen LogP contribution in [0.3, 0.4) is 0 Å². The standard InChI is InChI=1S/C18H13NO/c1-19-9-8-17(20)18-15-11-13-5-3-2-4-12(13)10-14(15)6-7-16(18)19/h2-11H,1H3. The fourth-order valence-corrected chi connectivity index (χ4v) is 2.90. The molecule has 0 radical (unpaired) electrons. The van der Waals surface area contributed by atoms with Crippen LogP contribution in [0.25, 0.3) is 32.4 Å². The molecule has 4 aromatic rings. The number of fused-ring (bicyclic) bond motifs is 4. The molecule has 0 atom stereocenters. The third kappa shape index (κ3) is 1.48. The third-order valence-corrected chi connectivity index (χ3v) is 3.94. The molecular weight excluding hydrogens is 246 g/mol. The van der Waals surface area contributed by atoms with E-state index in [1.54, 1.807) is 6.07 Å². The van der Waals surface area contributed by atoms with Crippen molar-refractivity contribution in [1.29, 1.82) is 0 Å². The second kappa shape index (κ2) is 3.94. The van der Waals surface area contributed by atoms with Gasteiger partial charge in [0.2, 0.25) is 0 Å². The minimum Gasteiger partial charge on any atom is -0.350 e. The van der Waals surface area contributed by atoms with E-state index < -0.39 is 0 Å². The fourth-order valence-electron chi connectivity index (χ4n) is 2.90. The summed E-state index contributed by atoms with van der Waals surface area (Å²) in [7, 11) is 1.97. The third-order valence-electron chi connectivity index (χ3n) is 3.94. The Hall–Kier alpha value is -2.61. The van der Waals surface area contributed by atoms with Crippen molar-refractivity contribution in [3.05, 3.63) is 71.0 Å². The summed E-state index contributed by atoms with van der Waals surface area (Å²) in [4.78, 5) is 12.3. The first-order chi connectivity index (χ1) is 9.74. The van der Waals surface area contributed by atoms with E-state index in [4.69, 9.17) is 0 Å². The molecule has 3 aromatic carbocycles. The van der Waals surface area contributed by atoms with Crippen LogP contribution in [0.5, 0.6) is 0 Å². The molecule has 96 valence electrons. The summed E-state index contributed by atoms with van der Waals surface area (Å²) in [5.74, 6) is 0. The molecule has 0 N–H and O–H groups in total. The lowest BCUT2D eigenvalue weighted by atomic mass is 10.00. The minimum atomic E-state index is 0.0824. The number of rotatable bonds is 0. The quantitative estimate of drug-likeness (QED) is 0.347. The molecule has 4 rings (SSSR count). The highest BCUT2D eigenvalue weighted by Crippen LogP contribution is 2.27. The van der Waals surface area contributed by atoms with Crippen molar-refractivity contribution < 1.29 is 0 Å². The summed E-state index contributed by atoms with van der Waals surface area (Å²) < 4.78 is 1.99. The second-order valence-corrected chi connectivity index (χ2v) is 5.17. The highest BCUT2D eigenvalue weighted by atomic mass is 16.1. The SMILES string of the molecule is Cn1ccc(=O)c2c3cc4ccccc4cc3ccc21. The molecule has 0 bridgehead atoms. The van der Waals surface area contributed by atoms with Crippen LogP contribution in [0, 0.1) is 0 Å². The Labute approximate surface area is 115 Å². The molecule has 0 unspecified atom stereocenters. The van der Waals surface area contributed by atoms with Crippen LogP contribution >= 0.6 is 0 Å². The molecule has 0 saturated heterocycles. The van der Waals surface area contributed by atoms with Crippen molar-refractivity contribution in [1.82, 2.24) is 4.57 Å². The smallest absolute Gasteiger partial charge is 0.190 e. The lowest BCUT2D eigenvalue weighted by molar-refractivity contribution is 0.951. The van der Waals surface area contributed by atoms with Crippen LogP contribution < -0.4 is 5.43 Å². The van der Waals surface area contributed by atoms with Crippen molar-refractivity contribution in [3.63, 3.8) is 0 Å². The molecule has 0 amide bonds. The van der Waals surface area contributed by atoms with Gasteiger partial charge in [0.1, 0.15) is 0 Å². The topological polar surface area (TPSA) is 22.0 Å². The monoisotopic (exact) mass is 259 g/mol. The number of pyridine rings is 1. The van der Waals surface area contributed by atoms with E-state index in [0.29, 0.717) is 0 Å². The molecule has 20 heavy (non-hydrogen) atoms. The number of aromatic nitrogens is 1. The zero-order valence-corrected chi connectivity index (χ0v) is 11.1. The lowest BCUT2D eigenvalue weighted by Crippen LogP contribution is -2.05. The molecule has 0 spiro atoms. The minimum absolute atomic E-state index is 0.0824. The van der Waals surface area contributed by atoms with E-state index in [0.717, 1.165) is 21.7 Å². The Morgan fingerprint density at radius 2 is 1.60 bits per heavy atom. The van der Waals surface area contributed by atoms with E-state index in [1.165, 1.54) is 10.8 Å². The molecule has 0 saturated carbocycles. The number of hydrogen-bond acceptors (Lipinski definition) is 1. The predicted molar refractivity (Wildman–Crippen MR) is 84.2 cm³/mol. The maximum Gasteiger partial charge on any atom is 0.190 e. The van der Waals surface area contributed by atoms with Gasteiger partial charge in [-0.3, -0.25) is 4.79 Å². The molecule has 1 aromatic heterocycles. The van der Waals surface area contributed by atoms with Crippen LogP contribution in [0.2, 0.25) is 0 Å². The molecule has 0 aliphatic rings. The number of aryl methyl sites for hydroxylation is 1. The van der Waals surface area contributed by atoms with Crippen molar-refractivity contribution >= 4 is 32.4 Å². The largest absolute Gasteiger partial charge is 0.350 e. The molecule has 1 heterocycles. The van der Waals surface area contributed by atoms with Crippen molar-refractivity contribution in [2.24, 2.45) is 7.05 Å². The average Bonchev–Trinajstić information content (AvgIpc) is 2.48. The van der Waals surface area contributed by atoms with Crippen LogP contribution in [0.4, 0.5) is 0 Å². The van der Waals surface area contributed by atoms with Gasteiger partial charge in [-0.05, 0) is 39.7 Å². The average molecular weight is 259 g/mol. The lowest BCUT2D eigenvalue weighted by Gasteiger charge is -2.09. The summed E-state index contributed by atoms with van der Waals surface area (Å²) >= 11 is 0. The van der Waals surface area contributed by atoms with Gasteiger partial charge in [0, 0.05) is 19.3 Å². The Morgan fingerprint density at radius 3 is 2.40 bits per heavy atom. The van der Waals surface area contributed by atoms with E-state index in [9.17, 15) is 4.79 Å². The Bertz CT molecular complexity index is 1030. The van der Waals surface area contributed by atoms with Crippen molar-refractivity contribution in [3.8, 4) is 0 Å². The first kappa shape index (κ1) is 11.2. The Balaban J connectivity index is 2.32. The van der Waals surface area contributed by atoms with E-state index in [1.807, 2.05) is 36.0 Å². The molecule has 0 fully saturated rings. The maximum absolute atomic E-state index is 12.3. The normalized spacial score (nSPS) is 11.4. The van der Waals surface area contributed by atoms with Gasteiger partial charge in [0.15, 0.2) is 5.43 Å². The van der Waals surface area contributed by atoms with Gasteiger partial charge in [0.05, 0.1) is 10.9 Å². The Kier molecular flexibility index (Phi) is 2.21. The van der Waals surface area contributed by atoms with E-state index in [2.05, 4.69) is 30.3 Å². The van der Waals surface area contributed by atoms with Crippen LogP contribution in [0.15, 0.2) is 65.6 Å². The van der Waals surface area contributed by atoms with E-state index >= 15 is 0 Å². The fraction of sp³-hybridized carbons (Fsp3) is 0.0556. The van der Waals surface area contributed by atoms with Gasteiger partial charge in [-0.25, -0.2) is 0 Å². The highest BCUT2D eigenvalue weighted by Gasteiger charge is 2.07. The van der Waals surface area contributed by atoms with E-state index in [-0.39, 0.29) is 5.43 Å². The van der Waals surface area contributed by atoms with Gasteiger partial charge in [-0.2, -0.15) is 0 Å². The zero-order valence-electron chi connectivity index (χ0n) is 11.1. The van der Waals surface area contributed by atoms with Gasteiger partial charge in [-0.15, -0.1) is 0 Å². The molecule has 0 aliphatic heterocycles. The number of hydrogen-bond donors (Lipinski definition) is 0. The second-order valence-electron chi connectivity index (χ2n) is 5.17. The van der Waals surface area contributed by atoms with Gasteiger partial charge in [-0.1, -0.05) is 30.3 Å². The molecule has 0 aliphatic carbocycles. The number of nitrogens with zero attached hydrogens (tertiary/aromatic N) is 1. The Morgan fingerprint density at radius 1 is 0.850 bits per heavy atom. The molecule has 2 nitrogen and oxygen atoms in total. The van der Waals surface area contributed by atoms with Crippen molar-refractivity contribution in [2.75, 3.05) is 0 Å². The first-order valence-electron chi connectivity index (χ1n) is 6.65. The van der Waals surface area contributed by atoms with Crippen molar-refractivity contribution in [2.45, 2.75) is 0 Å². The van der Waals surface area contributed by atoms with Gasteiger partial charge >= 0.3 is 0 Å². The summed E-state index contributed by atoms with van der Waals surface area (Å²) in [6.45, 7) is 0. The predicted octanol–water partition coefficient (Wildman–Crippen LogP) is 3.84. The summed E-state index contributed by atoms with van der Waals surface area (Å²) in [6.07, 6.45) is 1.82. The van der Waals surface area contributed by atoms with Gasteiger partial charge < -0.3 is 4.57 Å². The summed E-state index contributed by atoms with van der Waals surface area (Å²) in [6, 6.07) is 18.3. The first-order valence-corrected chi connectivity index (χ1v) is 6.65. The summed E-state index contributed by atoms with van der Waals surface area (Å²) in [5, 5.41) is 5.31. The van der Waals surface area contributed by atoms with Crippen LogP contribution in [-0.4, -0.2) is 4.57 Å². The zero-order chi connectivity index (χ0) is 13.7. The highest BCUT2D eigenvalue weighted by molar-refractivity contribution is 6.11. The van der Waals surface area contributed by atoms with Gasteiger partial charge in [0.25, 0.3) is 0 Å². The van der Waals surface area contributed by atoms with Crippen LogP contribution in [-0.2, 0) is 7.05 Å². The summed E-state index contributed by atoms with van der Waals surface area (Å²) in [5.41, 5.74) is 1.05. The maximum atomic E-state index is 12.3. The number of benzene rings is 3.